The maximum atomic E-state index is 12.0. The highest BCUT2D eigenvalue weighted by Gasteiger charge is 2.15. The largest absolute Gasteiger partial charge is 0.457 e. The first kappa shape index (κ1) is 14.4. The predicted octanol–water partition coefficient (Wildman–Crippen LogP) is 3.80. The summed E-state index contributed by atoms with van der Waals surface area (Å²) in [7, 11) is 0. The summed E-state index contributed by atoms with van der Waals surface area (Å²) in [6, 6.07) is 15.4. The fourth-order valence-electron chi connectivity index (χ4n) is 2.01. The van der Waals surface area contributed by atoms with E-state index in [2.05, 4.69) is 0 Å². The van der Waals surface area contributed by atoms with Gasteiger partial charge in [0.05, 0.1) is 0 Å². The fourth-order valence-corrected chi connectivity index (χ4v) is 2.14. The zero-order valence-electron chi connectivity index (χ0n) is 11.4. The Bertz CT molecular complexity index is 881. The molecule has 1 heterocycles. The molecule has 3 rings (SSSR count). The van der Waals surface area contributed by atoms with Crippen molar-refractivity contribution in [1.82, 2.24) is 0 Å². The van der Waals surface area contributed by atoms with Gasteiger partial charge in [-0.3, -0.25) is 0 Å². The van der Waals surface area contributed by atoms with Gasteiger partial charge < -0.3 is 9.15 Å². The van der Waals surface area contributed by atoms with Crippen LogP contribution in [0.2, 0.25) is 5.02 Å². The number of esters is 1. The first-order chi connectivity index (χ1) is 10.6. The van der Waals surface area contributed by atoms with Crippen LogP contribution in [0.15, 0.2) is 63.8 Å². The van der Waals surface area contributed by atoms with E-state index in [1.54, 1.807) is 48.5 Å². The maximum Gasteiger partial charge on any atom is 0.351 e. The number of halogens is 1. The Balaban J connectivity index is 1.81. The molecular formula is C17H11ClO4. The van der Waals surface area contributed by atoms with Crippen molar-refractivity contribution in [1.29, 1.82) is 0 Å². The van der Waals surface area contributed by atoms with Crippen molar-refractivity contribution in [3.05, 3.63) is 81.2 Å². The molecule has 22 heavy (non-hydrogen) atoms. The van der Waals surface area contributed by atoms with Crippen molar-refractivity contribution >= 4 is 28.5 Å². The van der Waals surface area contributed by atoms with E-state index in [0.29, 0.717) is 16.0 Å². The molecule has 0 amide bonds. The predicted molar refractivity (Wildman–Crippen MR) is 83.1 cm³/mol. The third kappa shape index (κ3) is 3.02. The van der Waals surface area contributed by atoms with E-state index < -0.39 is 11.6 Å². The Kier molecular flexibility index (Phi) is 3.94. The van der Waals surface area contributed by atoms with Gasteiger partial charge in [-0.25, -0.2) is 9.59 Å². The van der Waals surface area contributed by atoms with Gasteiger partial charge in [-0.1, -0.05) is 41.9 Å². The van der Waals surface area contributed by atoms with Crippen LogP contribution in [0, 0.1) is 0 Å². The molecule has 3 aromatic rings. The number of ether oxygens (including phenoxy) is 1. The molecular weight excluding hydrogens is 304 g/mol. The van der Waals surface area contributed by atoms with Crippen LogP contribution in [0.25, 0.3) is 11.0 Å². The molecule has 0 fully saturated rings. The number of carbonyl (C=O) groups is 1. The molecule has 0 radical (unpaired) electrons. The van der Waals surface area contributed by atoms with E-state index in [4.69, 9.17) is 20.8 Å². The van der Waals surface area contributed by atoms with Crippen LogP contribution >= 0.6 is 11.6 Å². The molecule has 0 N–H and O–H groups in total. The van der Waals surface area contributed by atoms with E-state index >= 15 is 0 Å². The minimum atomic E-state index is -0.713. The summed E-state index contributed by atoms with van der Waals surface area (Å²) in [5.41, 5.74) is 0.386. The van der Waals surface area contributed by atoms with Gasteiger partial charge in [0, 0.05) is 10.4 Å². The van der Waals surface area contributed by atoms with Gasteiger partial charge in [-0.2, -0.15) is 0 Å². The average Bonchev–Trinajstić information content (AvgIpc) is 2.53. The Morgan fingerprint density at radius 1 is 1.09 bits per heavy atom. The van der Waals surface area contributed by atoms with E-state index in [1.807, 2.05) is 0 Å². The van der Waals surface area contributed by atoms with Crippen LogP contribution in [0.4, 0.5) is 0 Å². The summed E-state index contributed by atoms with van der Waals surface area (Å²) in [4.78, 5) is 23.9. The molecule has 0 saturated heterocycles. The first-order valence-electron chi connectivity index (χ1n) is 6.58. The fraction of sp³-hybridized carbons (Fsp3) is 0.0588. The van der Waals surface area contributed by atoms with Gasteiger partial charge in [-0.05, 0) is 29.8 Å². The summed E-state index contributed by atoms with van der Waals surface area (Å²) in [6.45, 7) is 0.0578. The normalized spacial score (nSPS) is 10.6. The number of rotatable bonds is 3. The molecule has 1 aromatic heterocycles. The SMILES string of the molecule is O=C(OCc1ccc(Cl)cc1)c1cc2ccccc2oc1=O. The van der Waals surface area contributed by atoms with Crippen LogP contribution in [-0.2, 0) is 11.3 Å². The van der Waals surface area contributed by atoms with Gasteiger partial charge in [0.2, 0.25) is 0 Å². The standard InChI is InChI=1S/C17H11ClO4/c18-13-7-5-11(6-8-13)10-21-16(19)14-9-12-3-1-2-4-15(12)22-17(14)20/h1-9H,10H2. The third-order valence-electron chi connectivity index (χ3n) is 3.14. The number of hydrogen-bond donors (Lipinski definition) is 0. The van der Waals surface area contributed by atoms with E-state index in [0.717, 1.165) is 5.56 Å². The zero-order valence-corrected chi connectivity index (χ0v) is 12.2. The Hall–Kier alpha value is -2.59. The van der Waals surface area contributed by atoms with E-state index in [-0.39, 0.29) is 12.2 Å². The molecule has 0 aliphatic rings. The number of benzene rings is 2. The van der Waals surface area contributed by atoms with Crippen LogP contribution < -0.4 is 5.63 Å². The van der Waals surface area contributed by atoms with Gasteiger partial charge >= 0.3 is 11.6 Å². The molecule has 0 bridgehead atoms. The van der Waals surface area contributed by atoms with Gasteiger partial charge in [0.15, 0.2) is 0 Å². The van der Waals surface area contributed by atoms with Gasteiger partial charge in [-0.15, -0.1) is 0 Å². The van der Waals surface area contributed by atoms with E-state index in [1.165, 1.54) is 6.07 Å². The molecule has 5 heteroatoms. The van der Waals surface area contributed by atoms with Crippen LogP contribution in [0.5, 0.6) is 0 Å². The molecule has 0 saturated carbocycles. The Morgan fingerprint density at radius 3 is 2.59 bits per heavy atom. The first-order valence-corrected chi connectivity index (χ1v) is 6.96. The van der Waals surface area contributed by atoms with Crippen molar-refractivity contribution in [2.45, 2.75) is 6.61 Å². The molecule has 4 nitrogen and oxygen atoms in total. The number of carbonyl (C=O) groups excluding carboxylic acids is 1. The van der Waals surface area contributed by atoms with Crippen LogP contribution in [-0.4, -0.2) is 5.97 Å². The lowest BCUT2D eigenvalue weighted by molar-refractivity contribution is 0.0468. The zero-order chi connectivity index (χ0) is 15.5. The minimum Gasteiger partial charge on any atom is -0.457 e. The average molecular weight is 315 g/mol. The summed E-state index contributed by atoms with van der Waals surface area (Å²) < 4.78 is 10.2. The van der Waals surface area contributed by atoms with E-state index in [9.17, 15) is 9.59 Å². The van der Waals surface area contributed by atoms with Crippen molar-refractivity contribution in [2.75, 3.05) is 0 Å². The topological polar surface area (TPSA) is 56.5 Å². The summed E-state index contributed by atoms with van der Waals surface area (Å²) >= 11 is 5.79. The number of para-hydroxylation sites is 1. The lowest BCUT2D eigenvalue weighted by Gasteiger charge is -2.05. The smallest absolute Gasteiger partial charge is 0.351 e. The highest BCUT2D eigenvalue weighted by atomic mass is 35.5. The molecule has 110 valence electrons. The van der Waals surface area contributed by atoms with Crippen LogP contribution in [0.1, 0.15) is 15.9 Å². The maximum absolute atomic E-state index is 12.0. The second-order valence-electron chi connectivity index (χ2n) is 4.69. The molecule has 0 spiro atoms. The van der Waals surface area contributed by atoms with Crippen molar-refractivity contribution < 1.29 is 13.9 Å². The van der Waals surface area contributed by atoms with Crippen molar-refractivity contribution in [2.24, 2.45) is 0 Å². The minimum absolute atomic E-state index is 0.0578. The third-order valence-corrected chi connectivity index (χ3v) is 3.40. The molecule has 2 aromatic carbocycles. The van der Waals surface area contributed by atoms with Crippen LogP contribution in [0.3, 0.4) is 0 Å². The highest BCUT2D eigenvalue weighted by Crippen LogP contribution is 2.14. The summed E-state index contributed by atoms with van der Waals surface area (Å²) in [6.07, 6.45) is 0. The molecule has 0 unspecified atom stereocenters. The highest BCUT2D eigenvalue weighted by molar-refractivity contribution is 6.30. The summed E-state index contributed by atoms with van der Waals surface area (Å²) in [5.74, 6) is -0.713. The molecule has 0 aliphatic carbocycles. The quantitative estimate of drug-likeness (QED) is 0.545. The Labute approximate surface area is 130 Å². The second kappa shape index (κ2) is 6.03. The second-order valence-corrected chi connectivity index (χ2v) is 5.12. The van der Waals surface area contributed by atoms with Gasteiger partial charge in [0.1, 0.15) is 17.8 Å². The molecule has 0 atom stereocenters. The monoisotopic (exact) mass is 314 g/mol. The lowest BCUT2D eigenvalue weighted by Crippen LogP contribution is -2.16. The van der Waals surface area contributed by atoms with Crippen molar-refractivity contribution in [3.8, 4) is 0 Å². The summed E-state index contributed by atoms with van der Waals surface area (Å²) in [5, 5.41) is 1.27. The number of fused-ring (bicyclic) bond motifs is 1. The lowest BCUT2D eigenvalue weighted by atomic mass is 10.2. The van der Waals surface area contributed by atoms with Crippen molar-refractivity contribution in [3.63, 3.8) is 0 Å². The van der Waals surface area contributed by atoms with Gasteiger partial charge in [0.25, 0.3) is 0 Å². The Morgan fingerprint density at radius 2 is 1.82 bits per heavy atom. The number of hydrogen-bond acceptors (Lipinski definition) is 4. The molecule has 0 aliphatic heterocycles.